The number of aryl methyl sites for hydroxylation is 1. The Labute approximate surface area is 167 Å². The van der Waals surface area contributed by atoms with Gasteiger partial charge < -0.3 is 14.6 Å². The zero-order chi connectivity index (χ0) is 21.3. The summed E-state index contributed by atoms with van der Waals surface area (Å²) in [6, 6.07) is 2.80. The van der Waals surface area contributed by atoms with E-state index in [2.05, 4.69) is 14.9 Å². The van der Waals surface area contributed by atoms with Crippen molar-refractivity contribution >= 4 is 23.6 Å². The number of aliphatic hydroxyl groups excluding tert-OH is 1. The number of β-amino-alcohol motifs (C(OH)–C–C–N with tert-alkyl or cyclic N) is 1. The van der Waals surface area contributed by atoms with E-state index in [4.69, 9.17) is 21.4 Å². The fourth-order valence-corrected chi connectivity index (χ4v) is 3.01. The highest BCUT2D eigenvalue weighted by Crippen LogP contribution is 2.40. The predicted octanol–water partition coefficient (Wildman–Crippen LogP) is 2.23. The van der Waals surface area contributed by atoms with Gasteiger partial charge in [-0.2, -0.15) is 13.2 Å². The van der Waals surface area contributed by atoms with Crippen molar-refractivity contribution in [1.82, 2.24) is 5.01 Å². The van der Waals surface area contributed by atoms with E-state index < -0.39 is 36.7 Å². The van der Waals surface area contributed by atoms with Crippen LogP contribution in [-0.4, -0.2) is 64.5 Å². The first-order valence-electron chi connectivity index (χ1n) is 8.23. The molecule has 0 unspecified atom stereocenters. The van der Waals surface area contributed by atoms with Gasteiger partial charge in [0.1, 0.15) is 24.9 Å². The summed E-state index contributed by atoms with van der Waals surface area (Å²) in [6.45, 7) is 0.891. The van der Waals surface area contributed by atoms with Crippen LogP contribution in [0.25, 0.3) is 6.08 Å². The first-order chi connectivity index (χ1) is 13.6. The lowest BCUT2D eigenvalue weighted by Crippen LogP contribution is -2.54. The number of carbonyl (C=O) groups excluding carboxylic acids is 1. The molecular formula is C16H16ClF3N3O6+. The summed E-state index contributed by atoms with van der Waals surface area (Å²) < 4.78 is 49.9. The average Bonchev–Trinajstić information content (AvgIpc) is 2.60. The molecule has 158 valence electrons. The number of hydrogen-bond acceptors (Lipinski definition) is 6. The number of nitrogens with zero attached hydrogens (tertiary/aromatic N) is 3. The van der Waals surface area contributed by atoms with Crippen molar-refractivity contribution in [2.45, 2.75) is 25.3 Å². The van der Waals surface area contributed by atoms with Gasteiger partial charge in [0, 0.05) is 10.6 Å². The molecule has 0 bridgehead atoms. The lowest BCUT2D eigenvalue weighted by Gasteiger charge is -2.28. The topological polar surface area (TPSA) is 104 Å². The summed E-state index contributed by atoms with van der Waals surface area (Å²) in [5.41, 5.74) is -0.209. The fraction of sp³-hybridized carbons (Fsp3) is 0.438. The molecule has 29 heavy (non-hydrogen) atoms. The maximum absolute atomic E-state index is 13.4. The Hall–Kier alpha value is -2.73. The van der Waals surface area contributed by atoms with Crippen molar-refractivity contribution < 1.29 is 47.6 Å². The number of hydrogen-bond donors (Lipinski definition) is 2. The molecule has 1 fully saturated rings. The van der Waals surface area contributed by atoms with Crippen molar-refractivity contribution in [3.63, 3.8) is 0 Å². The molecule has 0 aliphatic carbocycles. The summed E-state index contributed by atoms with van der Waals surface area (Å²) >= 11 is 5.92. The molecule has 0 aromatic heterocycles. The monoisotopic (exact) mass is 438 g/mol. The zero-order valence-corrected chi connectivity index (χ0v) is 15.6. The number of rotatable bonds is 5. The number of esters is 1. The highest BCUT2D eigenvalue weighted by Gasteiger charge is 2.49. The second kappa shape index (κ2) is 7.95. The smallest absolute Gasteiger partial charge is 0.430 e. The van der Waals surface area contributed by atoms with E-state index in [-0.39, 0.29) is 34.4 Å². The Morgan fingerprint density at radius 2 is 2.14 bits per heavy atom. The van der Waals surface area contributed by atoms with Crippen LogP contribution < -0.4 is 4.74 Å². The molecule has 2 N–H and O–H groups in total. The predicted molar refractivity (Wildman–Crippen MR) is 88.7 cm³/mol. The molecule has 3 rings (SSSR count). The van der Waals surface area contributed by atoms with Gasteiger partial charge in [0.05, 0.1) is 5.57 Å². The van der Waals surface area contributed by atoms with Gasteiger partial charge in [-0.1, -0.05) is 11.6 Å². The van der Waals surface area contributed by atoms with Crippen LogP contribution in [0.3, 0.4) is 0 Å². The standard InChI is InChI=1S/C16H16ClF3N3O6/c1-8-2-10(17)3-9-4-12(14(16(18,19)20)29-13(8)9)15(25)27-7-28-21-23(26)22-5-11(24)6-22/h2-4,11,14,24H,5-7H2,1H3,(H,21,26)/q+1/t14-/m0/s1. The molecule has 0 saturated carbocycles. The second-order valence-electron chi connectivity index (χ2n) is 6.33. The molecule has 1 aromatic rings. The molecule has 13 heteroatoms. The fourth-order valence-electron chi connectivity index (χ4n) is 2.73. The second-order valence-corrected chi connectivity index (χ2v) is 6.77. The molecule has 1 aromatic carbocycles. The van der Waals surface area contributed by atoms with Gasteiger partial charge in [-0.3, -0.25) is 4.84 Å². The molecule has 0 amide bonds. The molecule has 9 nitrogen and oxygen atoms in total. The number of ether oxygens (including phenoxy) is 2. The van der Waals surface area contributed by atoms with Gasteiger partial charge in [0.2, 0.25) is 6.10 Å². The van der Waals surface area contributed by atoms with Crippen LogP contribution in [0.4, 0.5) is 13.2 Å². The minimum atomic E-state index is -4.87. The Morgan fingerprint density at radius 3 is 2.76 bits per heavy atom. The maximum atomic E-state index is 13.4. The minimum absolute atomic E-state index is 0.0350. The molecule has 1 saturated heterocycles. The maximum Gasteiger partial charge on any atom is 0.430 e. The van der Waals surface area contributed by atoms with E-state index in [0.29, 0.717) is 5.56 Å². The van der Waals surface area contributed by atoms with Crippen LogP contribution in [0.1, 0.15) is 11.1 Å². The summed E-state index contributed by atoms with van der Waals surface area (Å²) in [7, 11) is 0. The minimum Gasteiger partial charge on any atom is -0.475 e. The Bertz CT molecular complexity index is 870. The molecule has 2 heterocycles. The average molecular weight is 439 g/mol. The lowest BCUT2D eigenvalue weighted by atomic mass is 9.99. The third-order valence-electron chi connectivity index (χ3n) is 4.10. The summed E-state index contributed by atoms with van der Waals surface area (Å²) in [6.07, 6.45) is -7.03. The molecule has 2 aliphatic rings. The van der Waals surface area contributed by atoms with Crippen molar-refractivity contribution in [2.75, 3.05) is 19.9 Å². The van der Waals surface area contributed by atoms with Crippen LogP contribution in [-0.2, 0) is 14.4 Å². The summed E-state index contributed by atoms with van der Waals surface area (Å²) in [5.74, 6) is -1.37. The van der Waals surface area contributed by atoms with E-state index >= 15 is 0 Å². The van der Waals surface area contributed by atoms with Crippen molar-refractivity contribution in [2.24, 2.45) is 5.28 Å². The van der Waals surface area contributed by atoms with Gasteiger partial charge in [-0.05, 0) is 30.7 Å². The van der Waals surface area contributed by atoms with Gasteiger partial charge >= 0.3 is 12.1 Å². The molecular weight excluding hydrogens is 423 g/mol. The molecule has 2 aliphatic heterocycles. The summed E-state index contributed by atoms with van der Waals surface area (Å²) in [5, 5.41) is 23.1. The van der Waals surface area contributed by atoms with Crippen LogP contribution in [0, 0.1) is 6.92 Å². The zero-order valence-electron chi connectivity index (χ0n) is 14.9. The van der Waals surface area contributed by atoms with E-state index in [9.17, 15) is 23.2 Å². The quantitative estimate of drug-likeness (QED) is 0.181. The van der Waals surface area contributed by atoms with Crippen molar-refractivity contribution in [3.05, 3.63) is 33.9 Å². The number of fused-ring (bicyclic) bond motifs is 1. The molecule has 0 spiro atoms. The highest BCUT2D eigenvalue weighted by molar-refractivity contribution is 6.30. The van der Waals surface area contributed by atoms with E-state index in [0.717, 1.165) is 6.08 Å². The van der Waals surface area contributed by atoms with Crippen LogP contribution in [0.15, 0.2) is 23.0 Å². The number of alkyl halides is 3. The Balaban J connectivity index is 1.71. The van der Waals surface area contributed by atoms with E-state index in [1.54, 1.807) is 0 Å². The Kier molecular flexibility index (Phi) is 5.75. The lowest BCUT2D eigenvalue weighted by molar-refractivity contribution is -0.949. The van der Waals surface area contributed by atoms with Crippen LogP contribution in [0.2, 0.25) is 5.02 Å². The van der Waals surface area contributed by atoms with Crippen LogP contribution in [0.5, 0.6) is 5.75 Å². The number of halogens is 4. The third-order valence-corrected chi connectivity index (χ3v) is 4.32. The highest BCUT2D eigenvalue weighted by atomic mass is 35.5. The molecule has 0 radical (unpaired) electrons. The van der Waals surface area contributed by atoms with E-state index in [1.165, 1.54) is 24.1 Å². The van der Waals surface area contributed by atoms with Gasteiger partial charge in [0.15, 0.2) is 0 Å². The summed E-state index contributed by atoms with van der Waals surface area (Å²) in [4.78, 5) is 17.0. The van der Waals surface area contributed by atoms with Gasteiger partial charge in [-0.25, -0.2) is 10.0 Å². The number of hydrazine groups is 1. The number of benzene rings is 1. The Morgan fingerprint density at radius 1 is 1.45 bits per heavy atom. The normalized spacial score (nSPS) is 19.7. The number of aliphatic hydroxyl groups is 1. The SMILES string of the molecule is Cc1cc(Cl)cc2c1O[C@H](C(F)(F)F)C(C(=O)OCO/N=[N+](\O)N1CC(O)C1)=C2. The van der Waals surface area contributed by atoms with Crippen molar-refractivity contribution in [3.8, 4) is 5.75 Å². The van der Waals surface area contributed by atoms with Gasteiger partial charge in [0.25, 0.3) is 17.0 Å². The van der Waals surface area contributed by atoms with Crippen LogP contribution >= 0.6 is 11.6 Å². The van der Waals surface area contributed by atoms with E-state index in [1.807, 2.05) is 0 Å². The first-order valence-corrected chi connectivity index (χ1v) is 8.61. The first kappa shape index (κ1) is 21.0. The van der Waals surface area contributed by atoms with Gasteiger partial charge in [-0.15, -0.1) is 5.01 Å². The third kappa shape index (κ3) is 4.65. The molecule has 1 atom stereocenters. The number of carbonyl (C=O) groups is 1. The van der Waals surface area contributed by atoms with Crippen molar-refractivity contribution in [1.29, 1.82) is 0 Å². The largest absolute Gasteiger partial charge is 0.475 e.